The molecule has 0 radical (unpaired) electrons. The lowest BCUT2D eigenvalue weighted by Crippen LogP contribution is -2.29. The average Bonchev–Trinajstić information content (AvgIpc) is 2.96. The molecule has 20 heavy (non-hydrogen) atoms. The number of nitrogens with two attached hydrogens (primary N) is 1. The van der Waals surface area contributed by atoms with Gasteiger partial charge in [0.05, 0.1) is 24.0 Å². The first-order valence-electron chi connectivity index (χ1n) is 7.18. The molecule has 0 saturated heterocycles. The second-order valence-corrected chi connectivity index (χ2v) is 5.23. The molecule has 0 aliphatic heterocycles. The van der Waals surface area contributed by atoms with Gasteiger partial charge in [-0.15, -0.1) is 0 Å². The normalized spacial score (nSPS) is 15.3. The van der Waals surface area contributed by atoms with E-state index in [0.29, 0.717) is 30.5 Å². The molecule has 5 heteroatoms. The number of aryl methyl sites for hydroxylation is 1. The fraction of sp³-hybridized carbons (Fsp3) is 0.533. The lowest BCUT2D eigenvalue weighted by molar-refractivity contribution is 0.0582. The van der Waals surface area contributed by atoms with Crippen molar-refractivity contribution in [3.8, 4) is 0 Å². The van der Waals surface area contributed by atoms with E-state index >= 15 is 0 Å². The van der Waals surface area contributed by atoms with Gasteiger partial charge in [0.1, 0.15) is 0 Å². The number of hydrogen-bond donors (Lipinski definition) is 3. The Morgan fingerprint density at radius 2 is 2.15 bits per heavy atom. The molecule has 1 aromatic carbocycles. The van der Waals surface area contributed by atoms with Gasteiger partial charge in [0.15, 0.2) is 0 Å². The molecule has 1 aromatic rings. The first-order valence-corrected chi connectivity index (χ1v) is 7.18. The van der Waals surface area contributed by atoms with Gasteiger partial charge in [-0.05, 0) is 31.9 Å². The highest BCUT2D eigenvalue weighted by Gasteiger charge is 2.15. The highest BCUT2D eigenvalue weighted by Crippen LogP contribution is 2.20. The fourth-order valence-corrected chi connectivity index (χ4v) is 2.51. The van der Waals surface area contributed by atoms with Crippen LogP contribution >= 0.6 is 0 Å². The predicted octanol–water partition coefficient (Wildman–Crippen LogP) is 1.97. The van der Waals surface area contributed by atoms with Crippen LogP contribution in [0.25, 0.3) is 0 Å². The van der Waals surface area contributed by atoms with Crippen LogP contribution in [0.4, 0.5) is 5.69 Å². The van der Waals surface area contributed by atoms with Crippen LogP contribution in [0.15, 0.2) is 18.2 Å². The molecule has 0 spiro atoms. The molecule has 0 heterocycles. The number of nitrogen functional groups attached to an aromatic ring is 1. The van der Waals surface area contributed by atoms with Crippen molar-refractivity contribution < 1.29 is 9.53 Å². The van der Waals surface area contributed by atoms with Gasteiger partial charge in [-0.25, -0.2) is 0 Å². The number of anilines is 1. The fourth-order valence-electron chi connectivity index (χ4n) is 2.51. The van der Waals surface area contributed by atoms with Crippen molar-refractivity contribution in [2.24, 2.45) is 5.84 Å². The second-order valence-electron chi connectivity index (χ2n) is 5.23. The van der Waals surface area contributed by atoms with E-state index in [-0.39, 0.29) is 5.91 Å². The molecule has 1 amide bonds. The molecule has 1 saturated carbocycles. The number of rotatable bonds is 6. The van der Waals surface area contributed by atoms with Crippen molar-refractivity contribution >= 4 is 11.6 Å². The average molecular weight is 277 g/mol. The molecule has 1 aliphatic rings. The molecule has 0 unspecified atom stereocenters. The lowest BCUT2D eigenvalue weighted by Gasteiger charge is -2.13. The second kappa shape index (κ2) is 7.26. The van der Waals surface area contributed by atoms with E-state index in [1.54, 1.807) is 6.07 Å². The molecule has 110 valence electrons. The van der Waals surface area contributed by atoms with Gasteiger partial charge >= 0.3 is 0 Å². The van der Waals surface area contributed by atoms with E-state index in [9.17, 15) is 4.79 Å². The Morgan fingerprint density at radius 3 is 2.85 bits per heavy atom. The quantitative estimate of drug-likeness (QED) is 0.422. The number of nitrogens with one attached hydrogen (secondary N) is 2. The first-order chi connectivity index (χ1) is 9.70. The summed E-state index contributed by atoms with van der Waals surface area (Å²) in [5.74, 6) is 5.29. The summed E-state index contributed by atoms with van der Waals surface area (Å²) in [5, 5.41) is 2.87. The van der Waals surface area contributed by atoms with Gasteiger partial charge in [-0.2, -0.15) is 0 Å². The molecule has 2 rings (SSSR count). The number of benzene rings is 1. The predicted molar refractivity (Wildman–Crippen MR) is 79.5 cm³/mol. The summed E-state index contributed by atoms with van der Waals surface area (Å²) in [6.45, 7) is 3.03. The number of amides is 1. The zero-order chi connectivity index (χ0) is 14.4. The number of carbonyl (C=O) groups is 1. The molecule has 1 aliphatic carbocycles. The number of hydrogen-bond acceptors (Lipinski definition) is 4. The highest BCUT2D eigenvalue weighted by atomic mass is 16.5. The largest absolute Gasteiger partial charge is 0.376 e. The van der Waals surface area contributed by atoms with Crippen LogP contribution in [0.5, 0.6) is 0 Å². The van der Waals surface area contributed by atoms with Crippen LogP contribution in [0, 0.1) is 6.92 Å². The van der Waals surface area contributed by atoms with E-state index in [1.165, 1.54) is 12.8 Å². The van der Waals surface area contributed by atoms with Gasteiger partial charge < -0.3 is 15.5 Å². The van der Waals surface area contributed by atoms with Crippen LogP contribution < -0.4 is 16.6 Å². The zero-order valence-electron chi connectivity index (χ0n) is 11.9. The molecular formula is C15H23N3O2. The van der Waals surface area contributed by atoms with Crippen LogP contribution in [-0.4, -0.2) is 25.2 Å². The SMILES string of the molecule is Cc1ccc(NN)c(C(=O)NCCOC2CCCC2)c1. The Morgan fingerprint density at radius 1 is 1.40 bits per heavy atom. The van der Waals surface area contributed by atoms with E-state index < -0.39 is 0 Å². The van der Waals surface area contributed by atoms with Gasteiger partial charge in [0.2, 0.25) is 0 Å². The van der Waals surface area contributed by atoms with E-state index in [0.717, 1.165) is 18.4 Å². The monoisotopic (exact) mass is 277 g/mol. The molecule has 5 nitrogen and oxygen atoms in total. The summed E-state index contributed by atoms with van der Waals surface area (Å²) in [5.41, 5.74) is 4.76. The Labute approximate surface area is 119 Å². The molecule has 0 bridgehead atoms. The standard InChI is InChI=1S/C15H23N3O2/c1-11-6-7-14(18-16)13(10-11)15(19)17-8-9-20-12-4-2-3-5-12/h6-7,10,12,18H,2-5,8-9,16H2,1H3,(H,17,19). The minimum absolute atomic E-state index is 0.128. The third-order valence-electron chi connectivity index (χ3n) is 3.62. The Kier molecular flexibility index (Phi) is 5.38. The van der Waals surface area contributed by atoms with E-state index in [1.807, 2.05) is 19.1 Å². The topological polar surface area (TPSA) is 76.4 Å². The van der Waals surface area contributed by atoms with E-state index in [4.69, 9.17) is 10.6 Å². The summed E-state index contributed by atoms with van der Waals surface area (Å²) in [6, 6.07) is 5.54. The maximum atomic E-state index is 12.1. The van der Waals surface area contributed by atoms with Gasteiger partial charge in [0, 0.05) is 6.54 Å². The summed E-state index contributed by atoms with van der Waals surface area (Å²) in [6.07, 6.45) is 5.19. The maximum absolute atomic E-state index is 12.1. The number of ether oxygens (including phenoxy) is 1. The highest BCUT2D eigenvalue weighted by molar-refractivity contribution is 5.99. The minimum atomic E-state index is -0.128. The van der Waals surface area contributed by atoms with Crippen LogP contribution in [0.3, 0.4) is 0 Å². The van der Waals surface area contributed by atoms with Crippen molar-refractivity contribution in [3.63, 3.8) is 0 Å². The molecule has 0 aromatic heterocycles. The number of hydrazine groups is 1. The van der Waals surface area contributed by atoms with Crippen LogP contribution in [0.1, 0.15) is 41.6 Å². The Balaban J connectivity index is 1.80. The van der Waals surface area contributed by atoms with Crippen molar-refractivity contribution in [2.75, 3.05) is 18.6 Å². The first kappa shape index (κ1) is 14.8. The van der Waals surface area contributed by atoms with Crippen molar-refractivity contribution in [1.29, 1.82) is 0 Å². The third-order valence-corrected chi connectivity index (χ3v) is 3.62. The Bertz CT molecular complexity index is 456. The van der Waals surface area contributed by atoms with Crippen molar-refractivity contribution in [1.82, 2.24) is 5.32 Å². The van der Waals surface area contributed by atoms with Gasteiger partial charge in [-0.3, -0.25) is 10.6 Å². The smallest absolute Gasteiger partial charge is 0.253 e. The molecule has 0 atom stereocenters. The maximum Gasteiger partial charge on any atom is 0.253 e. The summed E-state index contributed by atoms with van der Waals surface area (Å²) in [7, 11) is 0. The third kappa shape index (κ3) is 3.95. The summed E-state index contributed by atoms with van der Waals surface area (Å²) in [4.78, 5) is 12.1. The minimum Gasteiger partial charge on any atom is -0.376 e. The summed E-state index contributed by atoms with van der Waals surface area (Å²) >= 11 is 0. The van der Waals surface area contributed by atoms with Crippen molar-refractivity contribution in [2.45, 2.75) is 38.7 Å². The van der Waals surface area contributed by atoms with Crippen LogP contribution in [-0.2, 0) is 4.74 Å². The number of carbonyl (C=O) groups excluding carboxylic acids is 1. The molecular weight excluding hydrogens is 254 g/mol. The van der Waals surface area contributed by atoms with Gasteiger partial charge in [0.25, 0.3) is 5.91 Å². The van der Waals surface area contributed by atoms with Crippen LogP contribution in [0.2, 0.25) is 0 Å². The molecule has 4 N–H and O–H groups in total. The zero-order valence-corrected chi connectivity index (χ0v) is 11.9. The molecule has 1 fully saturated rings. The van der Waals surface area contributed by atoms with Crippen molar-refractivity contribution in [3.05, 3.63) is 29.3 Å². The lowest BCUT2D eigenvalue weighted by atomic mass is 10.1. The van der Waals surface area contributed by atoms with E-state index in [2.05, 4.69) is 10.7 Å². The van der Waals surface area contributed by atoms with Gasteiger partial charge in [-0.1, -0.05) is 24.5 Å². The summed E-state index contributed by atoms with van der Waals surface area (Å²) < 4.78 is 5.71. The Hall–Kier alpha value is -1.59.